The minimum atomic E-state index is -0.146. The number of anilines is 1. The lowest BCUT2D eigenvalue weighted by Gasteiger charge is -2.18. The van der Waals surface area contributed by atoms with Crippen molar-refractivity contribution in [3.05, 3.63) is 42.5 Å². The van der Waals surface area contributed by atoms with Crippen LogP contribution in [0.4, 0.5) is 5.69 Å². The molecule has 0 saturated heterocycles. The molecule has 0 saturated carbocycles. The topological polar surface area (TPSA) is 32.3 Å². The number of hydrogen-bond acceptors (Lipinski definition) is 2. The van der Waals surface area contributed by atoms with Gasteiger partial charge in [0.1, 0.15) is 0 Å². The van der Waals surface area contributed by atoms with Crippen LogP contribution < -0.4 is 5.32 Å². The van der Waals surface area contributed by atoms with E-state index in [1.807, 2.05) is 50.3 Å². The molecule has 0 aliphatic rings. The summed E-state index contributed by atoms with van der Waals surface area (Å²) in [6.45, 7) is 6.29. The van der Waals surface area contributed by atoms with E-state index in [1.54, 1.807) is 0 Å². The second-order valence-electron chi connectivity index (χ2n) is 4.80. The Bertz CT molecular complexity index is 330. The first kappa shape index (κ1) is 12.8. The largest absolute Gasteiger partial charge is 0.395 e. The second-order valence-corrected chi connectivity index (χ2v) is 4.80. The highest BCUT2D eigenvalue weighted by Crippen LogP contribution is 2.16. The van der Waals surface area contributed by atoms with Gasteiger partial charge in [-0.25, -0.2) is 0 Å². The number of para-hydroxylation sites is 1. The highest BCUT2D eigenvalue weighted by Gasteiger charge is 2.11. The van der Waals surface area contributed by atoms with Crippen LogP contribution in [0.2, 0.25) is 0 Å². The van der Waals surface area contributed by atoms with E-state index in [0.717, 1.165) is 5.69 Å². The van der Waals surface area contributed by atoms with E-state index >= 15 is 0 Å². The van der Waals surface area contributed by atoms with Crippen molar-refractivity contribution in [3.63, 3.8) is 0 Å². The molecule has 0 spiro atoms. The summed E-state index contributed by atoms with van der Waals surface area (Å²) < 4.78 is 0. The third-order valence-electron chi connectivity index (χ3n) is 2.41. The summed E-state index contributed by atoms with van der Waals surface area (Å²) in [6.07, 6.45) is 4.14. The average molecular weight is 219 g/mol. The van der Waals surface area contributed by atoms with Crippen LogP contribution >= 0.6 is 0 Å². The molecule has 0 aliphatic heterocycles. The van der Waals surface area contributed by atoms with E-state index in [-0.39, 0.29) is 18.1 Å². The molecule has 1 atom stereocenters. The van der Waals surface area contributed by atoms with Gasteiger partial charge < -0.3 is 10.4 Å². The zero-order valence-electron chi connectivity index (χ0n) is 10.3. The van der Waals surface area contributed by atoms with Gasteiger partial charge in [0.15, 0.2) is 0 Å². The molecule has 0 bridgehead atoms. The Labute approximate surface area is 98.0 Å². The summed E-state index contributed by atoms with van der Waals surface area (Å²) in [5, 5.41) is 12.5. The van der Waals surface area contributed by atoms with Crippen LogP contribution in [-0.4, -0.2) is 17.8 Å². The Balaban J connectivity index is 2.51. The summed E-state index contributed by atoms with van der Waals surface area (Å²) in [6, 6.07) is 10.4. The maximum Gasteiger partial charge on any atom is 0.0516 e. The van der Waals surface area contributed by atoms with Crippen LogP contribution in [0.25, 0.3) is 0 Å². The molecule has 1 aromatic carbocycles. The van der Waals surface area contributed by atoms with Crippen LogP contribution in [0.1, 0.15) is 20.8 Å². The van der Waals surface area contributed by atoms with Gasteiger partial charge in [0.25, 0.3) is 0 Å². The second kappa shape index (κ2) is 5.71. The lowest BCUT2D eigenvalue weighted by Crippen LogP contribution is -2.16. The Morgan fingerprint density at radius 3 is 2.50 bits per heavy atom. The van der Waals surface area contributed by atoms with Crippen molar-refractivity contribution in [3.8, 4) is 0 Å². The van der Waals surface area contributed by atoms with Gasteiger partial charge >= 0.3 is 0 Å². The number of aliphatic hydroxyl groups is 1. The molecule has 2 heteroatoms. The average Bonchev–Trinajstić information content (AvgIpc) is 2.28. The van der Waals surface area contributed by atoms with Crippen LogP contribution in [0, 0.1) is 5.41 Å². The molecule has 1 rings (SSSR count). The Morgan fingerprint density at radius 1 is 1.31 bits per heavy atom. The van der Waals surface area contributed by atoms with E-state index in [1.165, 1.54) is 0 Å². The first-order valence-electron chi connectivity index (χ1n) is 5.65. The Hall–Kier alpha value is -1.28. The number of rotatable bonds is 5. The number of benzene rings is 1. The van der Waals surface area contributed by atoms with Gasteiger partial charge in [0, 0.05) is 17.1 Å². The molecular weight excluding hydrogens is 198 g/mol. The molecule has 1 unspecified atom stereocenters. The molecule has 0 amide bonds. The fourth-order valence-corrected chi connectivity index (χ4v) is 1.30. The molecule has 0 aliphatic carbocycles. The van der Waals surface area contributed by atoms with E-state index < -0.39 is 0 Å². The lowest BCUT2D eigenvalue weighted by molar-refractivity contribution is 0.199. The molecule has 88 valence electrons. The summed E-state index contributed by atoms with van der Waals surface area (Å²) in [7, 11) is 0. The van der Waals surface area contributed by atoms with Crippen molar-refractivity contribution in [2.75, 3.05) is 11.9 Å². The molecule has 0 radical (unpaired) electrons. The van der Waals surface area contributed by atoms with Gasteiger partial charge in [-0.2, -0.15) is 0 Å². The minimum Gasteiger partial charge on any atom is -0.395 e. The molecule has 0 aromatic heterocycles. The zero-order valence-corrected chi connectivity index (χ0v) is 10.3. The van der Waals surface area contributed by atoms with Gasteiger partial charge in [-0.05, 0) is 19.1 Å². The molecule has 0 fully saturated rings. The van der Waals surface area contributed by atoms with Gasteiger partial charge in [-0.15, -0.1) is 0 Å². The quantitative estimate of drug-likeness (QED) is 0.746. The normalized spacial score (nSPS) is 14.0. The van der Waals surface area contributed by atoms with Crippen molar-refractivity contribution in [2.45, 2.75) is 26.8 Å². The molecule has 2 N–H and O–H groups in total. The van der Waals surface area contributed by atoms with Gasteiger partial charge in [-0.3, -0.25) is 0 Å². The SMILES string of the molecule is CC(/C=C/C(C)(C)CO)Nc1ccccc1. The summed E-state index contributed by atoms with van der Waals surface area (Å²) in [5.74, 6) is 0. The van der Waals surface area contributed by atoms with E-state index in [0.29, 0.717) is 0 Å². The van der Waals surface area contributed by atoms with Crippen LogP contribution in [0.3, 0.4) is 0 Å². The highest BCUT2D eigenvalue weighted by molar-refractivity contribution is 5.44. The van der Waals surface area contributed by atoms with Gasteiger partial charge in [0.2, 0.25) is 0 Å². The predicted molar refractivity (Wildman–Crippen MR) is 69.5 cm³/mol. The van der Waals surface area contributed by atoms with Crippen LogP contribution in [0.5, 0.6) is 0 Å². The van der Waals surface area contributed by atoms with Gasteiger partial charge in [-0.1, -0.05) is 44.2 Å². The van der Waals surface area contributed by atoms with Crippen molar-refractivity contribution < 1.29 is 5.11 Å². The number of aliphatic hydroxyl groups excluding tert-OH is 1. The molecule has 2 nitrogen and oxygen atoms in total. The fourth-order valence-electron chi connectivity index (χ4n) is 1.30. The standard InChI is InChI=1S/C14H21NO/c1-12(9-10-14(2,3)11-16)15-13-7-5-4-6-8-13/h4-10,12,15-16H,11H2,1-3H3/b10-9+. The fraction of sp³-hybridized carbons (Fsp3) is 0.429. The molecule has 1 aromatic rings. The molecular formula is C14H21NO. The predicted octanol–water partition coefficient (Wildman–Crippen LogP) is 3.06. The molecule has 16 heavy (non-hydrogen) atoms. The lowest BCUT2D eigenvalue weighted by atomic mass is 9.94. The third-order valence-corrected chi connectivity index (χ3v) is 2.41. The number of nitrogens with one attached hydrogen (secondary N) is 1. The Kier molecular flexibility index (Phi) is 4.56. The monoisotopic (exact) mass is 219 g/mol. The minimum absolute atomic E-state index is 0.146. The number of hydrogen-bond donors (Lipinski definition) is 2. The zero-order chi connectivity index (χ0) is 12.0. The maximum atomic E-state index is 9.13. The first-order chi connectivity index (χ1) is 7.53. The summed E-state index contributed by atoms with van der Waals surface area (Å²) in [5.41, 5.74) is 0.966. The van der Waals surface area contributed by atoms with E-state index in [2.05, 4.69) is 18.3 Å². The van der Waals surface area contributed by atoms with Crippen molar-refractivity contribution in [1.29, 1.82) is 0 Å². The van der Waals surface area contributed by atoms with Crippen LogP contribution in [0.15, 0.2) is 42.5 Å². The maximum absolute atomic E-state index is 9.13. The highest BCUT2D eigenvalue weighted by atomic mass is 16.3. The smallest absolute Gasteiger partial charge is 0.0516 e. The first-order valence-corrected chi connectivity index (χ1v) is 5.65. The summed E-state index contributed by atoms with van der Waals surface area (Å²) in [4.78, 5) is 0. The van der Waals surface area contributed by atoms with Gasteiger partial charge in [0.05, 0.1) is 6.61 Å². The van der Waals surface area contributed by atoms with E-state index in [4.69, 9.17) is 5.11 Å². The van der Waals surface area contributed by atoms with Crippen molar-refractivity contribution in [1.82, 2.24) is 0 Å². The van der Waals surface area contributed by atoms with Crippen molar-refractivity contribution >= 4 is 5.69 Å². The summed E-state index contributed by atoms with van der Waals surface area (Å²) >= 11 is 0. The van der Waals surface area contributed by atoms with E-state index in [9.17, 15) is 0 Å². The van der Waals surface area contributed by atoms with Crippen LogP contribution in [-0.2, 0) is 0 Å². The van der Waals surface area contributed by atoms with Crippen molar-refractivity contribution in [2.24, 2.45) is 5.41 Å². The Morgan fingerprint density at radius 2 is 1.94 bits per heavy atom. The molecule has 0 heterocycles. The third kappa shape index (κ3) is 4.49.